The Bertz CT molecular complexity index is 515. The van der Waals surface area contributed by atoms with Crippen molar-refractivity contribution < 1.29 is 9.13 Å². The van der Waals surface area contributed by atoms with Crippen molar-refractivity contribution >= 4 is 11.6 Å². The monoisotopic (exact) mass is 265 g/mol. The fraction of sp³-hybridized carbons (Fsp3) is 0.143. The maximum atomic E-state index is 13.3. The predicted molar refractivity (Wildman–Crippen MR) is 70.3 cm³/mol. The molecule has 0 bridgehead atoms. The van der Waals surface area contributed by atoms with Gasteiger partial charge in [0.25, 0.3) is 0 Å². The summed E-state index contributed by atoms with van der Waals surface area (Å²) in [5.41, 5.74) is 6.85. The zero-order valence-electron chi connectivity index (χ0n) is 9.64. The Morgan fingerprint density at radius 1 is 1.11 bits per heavy atom. The molecule has 4 heteroatoms. The van der Waals surface area contributed by atoms with E-state index in [1.807, 2.05) is 12.1 Å². The van der Waals surface area contributed by atoms with E-state index in [1.54, 1.807) is 30.3 Å². The van der Waals surface area contributed by atoms with E-state index in [1.165, 1.54) is 6.07 Å². The molecule has 2 N–H and O–H groups in total. The maximum Gasteiger partial charge on any atom is 0.165 e. The van der Waals surface area contributed by atoms with Crippen molar-refractivity contribution in [1.29, 1.82) is 0 Å². The van der Waals surface area contributed by atoms with E-state index in [9.17, 15) is 4.39 Å². The highest BCUT2D eigenvalue weighted by Crippen LogP contribution is 2.19. The van der Waals surface area contributed by atoms with E-state index in [0.717, 1.165) is 5.56 Å². The number of rotatable bonds is 4. The van der Waals surface area contributed by atoms with Gasteiger partial charge in [-0.2, -0.15) is 0 Å². The van der Waals surface area contributed by atoms with Crippen LogP contribution in [0.2, 0.25) is 5.02 Å². The van der Waals surface area contributed by atoms with Crippen LogP contribution in [0, 0.1) is 5.82 Å². The number of hydrogen-bond acceptors (Lipinski definition) is 2. The summed E-state index contributed by atoms with van der Waals surface area (Å²) in [4.78, 5) is 0. The summed E-state index contributed by atoms with van der Waals surface area (Å²) in [6, 6.07) is 13.1. The van der Waals surface area contributed by atoms with Gasteiger partial charge in [-0.3, -0.25) is 0 Å². The van der Waals surface area contributed by atoms with E-state index in [0.29, 0.717) is 5.02 Å². The van der Waals surface area contributed by atoms with Crippen molar-refractivity contribution in [3.8, 4) is 5.75 Å². The number of hydrogen-bond donors (Lipinski definition) is 1. The maximum absolute atomic E-state index is 13.3. The first kappa shape index (κ1) is 12.9. The van der Waals surface area contributed by atoms with Crippen molar-refractivity contribution in [1.82, 2.24) is 0 Å². The van der Waals surface area contributed by atoms with Gasteiger partial charge in [-0.15, -0.1) is 0 Å². The van der Waals surface area contributed by atoms with Gasteiger partial charge < -0.3 is 10.5 Å². The van der Waals surface area contributed by atoms with Crippen LogP contribution < -0.4 is 10.5 Å². The molecule has 2 nitrogen and oxygen atoms in total. The van der Waals surface area contributed by atoms with Gasteiger partial charge in [0.05, 0.1) is 6.04 Å². The number of benzene rings is 2. The number of halogens is 2. The standard InChI is InChI=1S/C14H13ClFNO/c15-11-7-5-10(6-8-11)13(17)9-18-14-4-2-1-3-12(14)16/h1-8,13H,9,17H2. The minimum Gasteiger partial charge on any atom is -0.489 e. The van der Waals surface area contributed by atoms with Crippen LogP contribution in [-0.2, 0) is 0 Å². The largest absolute Gasteiger partial charge is 0.489 e. The lowest BCUT2D eigenvalue weighted by molar-refractivity contribution is 0.277. The lowest BCUT2D eigenvalue weighted by Crippen LogP contribution is -2.19. The van der Waals surface area contributed by atoms with Crippen molar-refractivity contribution in [2.75, 3.05) is 6.61 Å². The average Bonchev–Trinajstić information content (AvgIpc) is 2.38. The van der Waals surface area contributed by atoms with Gasteiger partial charge in [-0.1, -0.05) is 35.9 Å². The molecule has 0 radical (unpaired) electrons. The van der Waals surface area contributed by atoms with Crippen molar-refractivity contribution in [2.24, 2.45) is 5.73 Å². The van der Waals surface area contributed by atoms with Gasteiger partial charge in [-0.25, -0.2) is 4.39 Å². The van der Waals surface area contributed by atoms with Crippen LogP contribution in [0.25, 0.3) is 0 Å². The molecule has 0 amide bonds. The molecule has 94 valence electrons. The second-order valence-electron chi connectivity index (χ2n) is 3.90. The van der Waals surface area contributed by atoms with Crippen molar-refractivity contribution in [2.45, 2.75) is 6.04 Å². The fourth-order valence-electron chi connectivity index (χ4n) is 1.55. The highest BCUT2D eigenvalue weighted by molar-refractivity contribution is 6.30. The zero-order valence-corrected chi connectivity index (χ0v) is 10.4. The molecule has 0 saturated heterocycles. The lowest BCUT2D eigenvalue weighted by atomic mass is 10.1. The summed E-state index contributed by atoms with van der Waals surface area (Å²) in [5, 5.41) is 0.654. The van der Waals surface area contributed by atoms with Crippen LogP contribution in [0.3, 0.4) is 0 Å². The lowest BCUT2D eigenvalue weighted by Gasteiger charge is -2.14. The van der Waals surface area contributed by atoms with Crippen LogP contribution in [0.5, 0.6) is 5.75 Å². The molecule has 2 rings (SSSR count). The second-order valence-corrected chi connectivity index (χ2v) is 4.34. The third kappa shape index (κ3) is 3.22. The van der Waals surface area contributed by atoms with Gasteiger partial charge >= 0.3 is 0 Å². The van der Waals surface area contributed by atoms with Crippen LogP contribution in [0.15, 0.2) is 48.5 Å². The smallest absolute Gasteiger partial charge is 0.165 e. The Labute approximate surface area is 110 Å². The number of para-hydroxylation sites is 1. The third-order valence-corrected chi connectivity index (χ3v) is 2.81. The number of nitrogens with two attached hydrogens (primary N) is 1. The Morgan fingerprint density at radius 2 is 1.78 bits per heavy atom. The molecule has 0 aliphatic carbocycles. The third-order valence-electron chi connectivity index (χ3n) is 2.55. The molecule has 18 heavy (non-hydrogen) atoms. The highest BCUT2D eigenvalue weighted by atomic mass is 35.5. The molecule has 0 heterocycles. The van der Waals surface area contributed by atoms with Crippen LogP contribution in [-0.4, -0.2) is 6.61 Å². The van der Waals surface area contributed by atoms with Gasteiger partial charge in [0.2, 0.25) is 0 Å². The molecule has 0 spiro atoms. The Kier molecular flexibility index (Phi) is 4.18. The van der Waals surface area contributed by atoms with Crippen LogP contribution in [0.1, 0.15) is 11.6 Å². The average molecular weight is 266 g/mol. The molecule has 0 aliphatic rings. The molecule has 0 aromatic heterocycles. The molecule has 2 aromatic carbocycles. The van der Waals surface area contributed by atoms with E-state index in [4.69, 9.17) is 22.1 Å². The number of ether oxygens (including phenoxy) is 1. The van der Waals surface area contributed by atoms with Gasteiger partial charge in [0, 0.05) is 5.02 Å². The highest BCUT2D eigenvalue weighted by Gasteiger charge is 2.08. The minimum atomic E-state index is -0.388. The Hall–Kier alpha value is -1.58. The summed E-state index contributed by atoms with van der Waals surface area (Å²) >= 11 is 5.79. The first-order valence-electron chi connectivity index (χ1n) is 5.55. The van der Waals surface area contributed by atoms with Crippen LogP contribution in [0.4, 0.5) is 4.39 Å². The molecule has 0 fully saturated rings. The summed E-state index contributed by atoms with van der Waals surface area (Å²) in [6.45, 7) is 0.211. The minimum absolute atomic E-state index is 0.210. The molecule has 0 aliphatic heterocycles. The van der Waals surface area contributed by atoms with Gasteiger partial charge in [-0.05, 0) is 29.8 Å². The Morgan fingerprint density at radius 3 is 2.44 bits per heavy atom. The fourth-order valence-corrected chi connectivity index (χ4v) is 1.67. The molecule has 1 atom stereocenters. The van der Waals surface area contributed by atoms with E-state index in [2.05, 4.69) is 0 Å². The first-order chi connectivity index (χ1) is 8.66. The summed E-state index contributed by atoms with van der Waals surface area (Å²) < 4.78 is 18.7. The summed E-state index contributed by atoms with van der Waals surface area (Å²) in [6.07, 6.45) is 0. The van der Waals surface area contributed by atoms with E-state index < -0.39 is 0 Å². The second kappa shape index (κ2) is 5.85. The van der Waals surface area contributed by atoms with Gasteiger partial charge in [0.1, 0.15) is 6.61 Å². The van der Waals surface area contributed by atoms with Gasteiger partial charge in [0.15, 0.2) is 11.6 Å². The summed E-state index contributed by atoms with van der Waals surface area (Å²) in [5.74, 6) is -0.178. The van der Waals surface area contributed by atoms with E-state index >= 15 is 0 Å². The topological polar surface area (TPSA) is 35.2 Å². The van der Waals surface area contributed by atoms with Crippen molar-refractivity contribution in [3.05, 3.63) is 64.9 Å². The summed E-state index contributed by atoms with van der Waals surface area (Å²) in [7, 11) is 0. The molecule has 0 saturated carbocycles. The Balaban J connectivity index is 1.98. The molecule has 1 unspecified atom stereocenters. The molecule has 2 aromatic rings. The normalized spacial score (nSPS) is 12.2. The van der Waals surface area contributed by atoms with Crippen molar-refractivity contribution in [3.63, 3.8) is 0 Å². The van der Waals surface area contributed by atoms with E-state index in [-0.39, 0.29) is 24.2 Å². The SMILES string of the molecule is NC(COc1ccccc1F)c1ccc(Cl)cc1. The first-order valence-corrected chi connectivity index (χ1v) is 5.93. The quantitative estimate of drug-likeness (QED) is 0.917. The predicted octanol–water partition coefficient (Wildman–Crippen LogP) is 3.56. The zero-order chi connectivity index (χ0) is 13.0. The van der Waals surface area contributed by atoms with Crippen LogP contribution >= 0.6 is 11.6 Å². The molecular formula is C14H13ClFNO. The molecular weight excluding hydrogens is 253 g/mol.